The highest BCUT2D eigenvalue weighted by molar-refractivity contribution is 5.10. The van der Waals surface area contributed by atoms with Crippen LogP contribution in [0.3, 0.4) is 0 Å². The van der Waals surface area contributed by atoms with Crippen LogP contribution in [-0.4, -0.2) is 24.5 Å². The Bertz CT molecular complexity index is 123. The van der Waals surface area contributed by atoms with E-state index in [4.69, 9.17) is 0 Å². The van der Waals surface area contributed by atoms with E-state index in [9.17, 15) is 0 Å². The molecule has 0 atom stereocenters. The molecule has 0 radical (unpaired) electrons. The van der Waals surface area contributed by atoms with Crippen LogP contribution < -0.4 is 0 Å². The fourth-order valence-electron chi connectivity index (χ4n) is 0.944. The molecule has 0 amide bonds. The van der Waals surface area contributed by atoms with Crippen molar-refractivity contribution < 1.29 is 0 Å². The van der Waals surface area contributed by atoms with Crippen molar-refractivity contribution in [1.82, 2.24) is 4.90 Å². The molecule has 0 saturated carbocycles. The maximum absolute atomic E-state index is 3.87. The molecule has 0 aromatic rings. The first-order valence-corrected chi connectivity index (χ1v) is 4.27. The topological polar surface area (TPSA) is 3.24 Å². The summed E-state index contributed by atoms with van der Waals surface area (Å²) in [5, 5.41) is 0. The maximum Gasteiger partial charge on any atom is 0.00214 e. The Morgan fingerprint density at radius 1 is 1.36 bits per heavy atom. The van der Waals surface area contributed by atoms with Gasteiger partial charge in [-0.05, 0) is 19.5 Å². The summed E-state index contributed by atoms with van der Waals surface area (Å²) >= 11 is 0. The molecule has 0 spiro atoms. The summed E-state index contributed by atoms with van der Waals surface area (Å²) in [6.07, 6.45) is 2.88. The van der Waals surface area contributed by atoms with Crippen LogP contribution in [0.4, 0.5) is 0 Å². The minimum Gasteiger partial charge on any atom is -0.304 e. The average molecular weight is 153 g/mol. The summed E-state index contributed by atoms with van der Waals surface area (Å²) in [7, 11) is 0. The van der Waals surface area contributed by atoms with Crippen molar-refractivity contribution in [3.05, 3.63) is 24.8 Å². The number of hydrogen-bond acceptors (Lipinski definition) is 1. The van der Waals surface area contributed by atoms with Crippen molar-refractivity contribution in [2.75, 3.05) is 19.6 Å². The second kappa shape index (κ2) is 6.17. The maximum atomic E-state index is 3.87. The molecule has 0 saturated heterocycles. The van der Waals surface area contributed by atoms with E-state index in [0.29, 0.717) is 0 Å². The first kappa shape index (κ1) is 10.4. The van der Waals surface area contributed by atoms with Gasteiger partial charge in [-0.25, -0.2) is 0 Å². The van der Waals surface area contributed by atoms with E-state index in [2.05, 4.69) is 31.9 Å². The van der Waals surface area contributed by atoms with Crippen molar-refractivity contribution in [2.24, 2.45) is 0 Å². The second-order valence-electron chi connectivity index (χ2n) is 2.64. The third kappa shape index (κ3) is 4.79. The van der Waals surface area contributed by atoms with Crippen LogP contribution in [0.15, 0.2) is 24.8 Å². The van der Waals surface area contributed by atoms with E-state index in [-0.39, 0.29) is 0 Å². The predicted octanol–water partition coefficient (Wildman–Crippen LogP) is 2.46. The van der Waals surface area contributed by atoms with Gasteiger partial charge in [0.05, 0.1) is 0 Å². The fourth-order valence-corrected chi connectivity index (χ4v) is 0.944. The van der Waals surface area contributed by atoms with Crippen LogP contribution >= 0.6 is 0 Å². The van der Waals surface area contributed by atoms with Crippen LogP contribution in [0.1, 0.15) is 20.3 Å². The molecule has 0 fully saturated rings. The monoisotopic (exact) mass is 153 g/mol. The van der Waals surface area contributed by atoms with E-state index < -0.39 is 0 Å². The van der Waals surface area contributed by atoms with Gasteiger partial charge in [0.1, 0.15) is 0 Å². The van der Waals surface area contributed by atoms with Gasteiger partial charge in [0.2, 0.25) is 0 Å². The summed E-state index contributed by atoms with van der Waals surface area (Å²) in [5.41, 5.74) is 1.14. The van der Waals surface area contributed by atoms with Gasteiger partial charge < -0.3 is 4.90 Å². The van der Waals surface area contributed by atoms with E-state index in [1.165, 1.54) is 0 Å². The summed E-state index contributed by atoms with van der Waals surface area (Å²) < 4.78 is 0. The molecule has 0 rings (SSSR count). The van der Waals surface area contributed by atoms with Crippen molar-refractivity contribution in [1.29, 1.82) is 0 Å². The molecule has 0 heterocycles. The van der Waals surface area contributed by atoms with Gasteiger partial charge in [-0.15, -0.1) is 0 Å². The van der Waals surface area contributed by atoms with Crippen molar-refractivity contribution in [3.63, 3.8) is 0 Å². The molecule has 0 aliphatic rings. The van der Waals surface area contributed by atoms with Crippen LogP contribution in [0, 0.1) is 0 Å². The minimum atomic E-state index is 1.05. The van der Waals surface area contributed by atoms with Crippen LogP contribution in [0.2, 0.25) is 0 Å². The Balaban J connectivity index is 3.49. The molecule has 0 aliphatic heterocycles. The molecule has 0 aromatic carbocycles. The lowest BCUT2D eigenvalue weighted by molar-refractivity contribution is 0.308. The average Bonchev–Trinajstić information content (AvgIpc) is 2.06. The fraction of sp³-hybridized carbons (Fsp3) is 0.600. The lowest BCUT2D eigenvalue weighted by atomic mass is 10.2. The Kier molecular flexibility index (Phi) is 5.86. The first-order chi connectivity index (χ1) is 5.24. The zero-order valence-electron chi connectivity index (χ0n) is 7.77. The molecule has 1 heteroatoms. The summed E-state index contributed by atoms with van der Waals surface area (Å²) in [5.74, 6) is 0. The Morgan fingerprint density at radius 2 is 1.91 bits per heavy atom. The summed E-state index contributed by atoms with van der Waals surface area (Å²) in [4.78, 5) is 2.38. The van der Waals surface area contributed by atoms with E-state index in [1.807, 2.05) is 6.08 Å². The van der Waals surface area contributed by atoms with Crippen LogP contribution in [-0.2, 0) is 0 Å². The van der Waals surface area contributed by atoms with Crippen molar-refractivity contribution >= 4 is 0 Å². The summed E-state index contributed by atoms with van der Waals surface area (Å²) in [6.45, 7) is 15.3. The lowest BCUT2D eigenvalue weighted by Gasteiger charge is -2.17. The zero-order valence-corrected chi connectivity index (χ0v) is 7.77. The quantitative estimate of drug-likeness (QED) is 0.530. The first-order valence-electron chi connectivity index (χ1n) is 4.27. The van der Waals surface area contributed by atoms with E-state index >= 15 is 0 Å². The van der Waals surface area contributed by atoms with Gasteiger partial charge in [0.15, 0.2) is 0 Å². The molecule has 0 aromatic heterocycles. The second-order valence-corrected chi connectivity index (χ2v) is 2.64. The largest absolute Gasteiger partial charge is 0.304 e. The number of nitrogens with zero attached hydrogens (tertiary/aromatic N) is 1. The van der Waals surface area contributed by atoms with E-state index in [1.54, 1.807) is 0 Å². The van der Waals surface area contributed by atoms with Crippen LogP contribution in [0.5, 0.6) is 0 Å². The van der Waals surface area contributed by atoms with Gasteiger partial charge >= 0.3 is 0 Å². The number of hydrogen-bond donors (Lipinski definition) is 0. The molecule has 0 aliphatic carbocycles. The van der Waals surface area contributed by atoms with Crippen LogP contribution in [0.25, 0.3) is 0 Å². The Hall–Kier alpha value is -0.560. The highest BCUT2D eigenvalue weighted by Gasteiger charge is 1.97. The highest BCUT2D eigenvalue weighted by atomic mass is 15.1. The standard InChI is InChI=1S/C10H19N/c1-5-10(4)8-9-11(6-2)7-3/h5H,1,4,6-9H2,2-3H3. The van der Waals surface area contributed by atoms with Gasteiger partial charge in [-0.3, -0.25) is 0 Å². The third-order valence-electron chi connectivity index (χ3n) is 1.93. The van der Waals surface area contributed by atoms with Gasteiger partial charge in [-0.1, -0.05) is 38.7 Å². The Morgan fingerprint density at radius 3 is 2.27 bits per heavy atom. The normalized spacial score (nSPS) is 10.1. The van der Waals surface area contributed by atoms with Crippen molar-refractivity contribution in [3.8, 4) is 0 Å². The van der Waals surface area contributed by atoms with Gasteiger partial charge in [0.25, 0.3) is 0 Å². The predicted molar refractivity (Wildman–Crippen MR) is 51.7 cm³/mol. The third-order valence-corrected chi connectivity index (χ3v) is 1.93. The van der Waals surface area contributed by atoms with Gasteiger partial charge in [-0.2, -0.15) is 0 Å². The molecule has 1 nitrogen and oxygen atoms in total. The molecule has 0 N–H and O–H groups in total. The molecule has 0 bridgehead atoms. The minimum absolute atomic E-state index is 1.05. The Labute approximate surface area is 70.4 Å². The molecule has 64 valence electrons. The lowest BCUT2D eigenvalue weighted by Crippen LogP contribution is -2.24. The van der Waals surface area contributed by atoms with E-state index in [0.717, 1.165) is 31.6 Å². The molecular formula is C10H19N. The highest BCUT2D eigenvalue weighted by Crippen LogP contribution is 2.00. The molecular weight excluding hydrogens is 134 g/mol. The SMILES string of the molecule is C=CC(=C)CCN(CC)CC. The zero-order chi connectivity index (χ0) is 8.69. The van der Waals surface area contributed by atoms with Gasteiger partial charge in [0, 0.05) is 6.54 Å². The number of rotatable bonds is 6. The molecule has 0 unspecified atom stereocenters. The smallest absolute Gasteiger partial charge is 0.00214 e. The molecule has 11 heavy (non-hydrogen) atoms. The van der Waals surface area contributed by atoms with Crippen molar-refractivity contribution in [2.45, 2.75) is 20.3 Å². The summed E-state index contributed by atoms with van der Waals surface area (Å²) in [6, 6.07) is 0. The number of allylic oxidation sites excluding steroid dienone is 1.